The van der Waals surface area contributed by atoms with Gasteiger partial charge in [0.1, 0.15) is 5.54 Å². The number of methoxy groups -OCH3 is 1. The predicted octanol–water partition coefficient (Wildman–Crippen LogP) is 1.40. The molecule has 0 fully saturated rings. The van der Waals surface area contributed by atoms with Gasteiger partial charge in [-0.25, -0.2) is 0 Å². The van der Waals surface area contributed by atoms with Crippen molar-refractivity contribution in [1.82, 2.24) is 15.5 Å². The molecule has 7 heteroatoms. The minimum Gasteiger partial charge on any atom is -0.468 e. The first-order valence-corrected chi connectivity index (χ1v) is 6.65. The number of nitrogens with one attached hydrogen (secondary N) is 1. The lowest BCUT2D eigenvalue weighted by Crippen LogP contribution is -2.54. The summed E-state index contributed by atoms with van der Waals surface area (Å²) in [4.78, 5) is 11.8. The van der Waals surface area contributed by atoms with Crippen molar-refractivity contribution in [2.75, 3.05) is 12.9 Å². The van der Waals surface area contributed by atoms with Crippen LogP contribution in [-0.2, 0) is 9.53 Å². The van der Waals surface area contributed by atoms with Gasteiger partial charge in [-0.05, 0) is 20.8 Å². The van der Waals surface area contributed by atoms with E-state index in [1.54, 1.807) is 13.8 Å². The van der Waals surface area contributed by atoms with Gasteiger partial charge < -0.3 is 9.15 Å². The molecule has 0 bridgehead atoms. The molecule has 1 rings (SSSR count). The second kappa shape index (κ2) is 6.19. The molecule has 0 amide bonds. The Morgan fingerprint density at radius 1 is 1.56 bits per heavy atom. The van der Waals surface area contributed by atoms with Crippen LogP contribution in [0, 0.1) is 6.92 Å². The topological polar surface area (TPSA) is 77.2 Å². The number of aryl methyl sites for hydroxylation is 1. The van der Waals surface area contributed by atoms with Gasteiger partial charge in [0.05, 0.1) is 7.11 Å². The molecule has 0 saturated heterocycles. The summed E-state index contributed by atoms with van der Waals surface area (Å²) in [5.41, 5.74) is -0.782. The van der Waals surface area contributed by atoms with Gasteiger partial charge in [-0.15, -0.1) is 10.2 Å². The summed E-state index contributed by atoms with van der Waals surface area (Å²) in [6.45, 7) is 7.48. The van der Waals surface area contributed by atoms with Crippen LogP contribution in [0.3, 0.4) is 0 Å². The Bertz CT molecular complexity index is 408. The minimum absolute atomic E-state index is 0.166. The van der Waals surface area contributed by atoms with Crippen molar-refractivity contribution in [3.05, 3.63) is 5.89 Å². The molecule has 0 aliphatic rings. The zero-order valence-corrected chi connectivity index (χ0v) is 12.1. The highest BCUT2D eigenvalue weighted by molar-refractivity contribution is 7.99. The Morgan fingerprint density at radius 2 is 2.22 bits per heavy atom. The predicted molar refractivity (Wildman–Crippen MR) is 68.5 cm³/mol. The molecular weight excluding hydrogens is 254 g/mol. The molecule has 1 unspecified atom stereocenters. The van der Waals surface area contributed by atoms with Gasteiger partial charge in [0, 0.05) is 18.7 Å². The number of esters is 1. The summed E-state index contributed by atoms with van der Waals surface area (Å²) in [6, 6.07) is 0.166. The van der Waals surface area contributed by atoms with Gasteiger partial charge in [0.15, 0.2) is 0 Å². The molecule has 1 aromatic rings. The molecule has 1 aromatic heterocycles. The lowest BCUT2D eigenvalue weighted by molar-refractivity contribution is -0.147. The first-order valence-electron chi connectivity index (χ1n) is 5.66. The largest absolute Gasteiger partial charge is 0.468 e. The number of hydrogen-bond acceptors (Lipinski definition) is 7. The third-order valence-corrected chi connectivity index (χ3v) is 3.37. The van der Waals surface area contributed by atoms with E-state index in [0.717, 1.165) is 0 Å². The molecule has 0 aliphatic carbocycles. The van der Waals surface area contributed by atoms with E-state index < -0.39 is 5.54 Å². The number of rotatable bonds is 6. The Balaban J connectivity index is 2.69. The van der Waals surface area contributed by atoms with E-state index >= 15 is 0 Å². The van der Waals surface area contributed by atoms with Gasteiger partial charge in [-0.1, -0.05) is 11.8 Å². The third-order valence-electron chi connectivity index (χ3n) is 2.23. The van der Waals surface area contributed by atoms with Crippen LogP contribution in [0.25, 0.3) is 0 Å². The summed E-state index contributed by atoms with van der Waals surface area (Å²) in [7, 11) is 1.38. The molecular formula is C11H19N3O3S. The van der Waals surface area contributed by atoms with E-state index in [0.29, 0.717) is 16.9 Å². The Morgan fingerprint density at radius 3 is 2.67 bits per heavy atom. The van der Waals surface area contributed by atoms with E-state index in [1.807, 2.05) is 13.8 Å². The van der Waals surface area contributed by atoms with Crippen molar-refractivity contribution >= 4 is 17.7 Å². The smallest absolute Gasteiger partial charge is 0.326 e. The maximum Gasteiger partial charge on any atom is 0.326 e. The summed E-state index contributed by atoms with van der Waals surface area (Å²) in [6.07, 6.45) is 0. The maximum atomic E-state index is 11.8. The van der Waals surface area contributed by atoms with E-state index in [2.05, 4.69) is 15.5 Å². The molecule has 6 nitrogen and oxygen atoms in total. The highest BCUT2D eigenvalue weighted by Crippen LogP contribution is 2.22. The zero-order chi connectivity index (χ0) is 13.8. The number of carbonyl (C=O) groups excluding carboxylic acids is 1. The molecule has 18 heavy (non-hydrogen) atoms. The van der Waals surface area contributed by atoms with Crippen LogP contribution in [0.4, 0.5) is 0 Å². The van der Waals surface area contributed by atoms with Crippen LogP contribution in [-0.4, -0.2) is 40.6 Å². The zero-order valence-electron chi connectivity index (χ0n) is 11.3. The first kappa shape index (κ1) is 15.0. The van der Waals surface area contributed by atoms with Crippen molar-refractivity contribution in [3.63, 3.8) is 0 Å². The van der Waals surface area contributed by atoms with E-state index in [1.165, 1.54) is 18.9 Å². The fraction of sp³-hybridized carbons (Fsp3) is 0.727. The number of hydrogen-bond donors (Lipinski definition) is 1. The summed E-state index contributed by atoms with van der Waals surface area (Å²) in [5, 5.41) is 11.3. The van der Waals surface area contributed by atoms with Crippen molar-refractivity contribution in [3.8, 4) is 0 Å². The lowest BCUT2D eigenvalue weighted by atomic mass is 10.0. The number of ether oxygens (including phenoxy) is 1. The molecule has 102 valence electrons. The standard InChI is InChI=1S/C11H19N3O3S/c1-7(2)12-11(4,9(15)16-5)6-18-10-14-13-8(3)17-10/h7,12H,6H2,1-5H3. The van der Waals surface area contributed by atoms with Crippen LogP contribution in [0.5, 0.6) is 0 Å². The monoisotopic (exact) mass is 273 g/mol. The van der Waals surface area contributed by atoms with Crippen LogP contribution in [0.15, 0.2) is 9.64 Å². The van der Waals surface area contributed by atoms with Crippen LogP contribution in [0.2, 0.25) is 0 Å². The Labute approximate surface area is 111 Å². The number of thioether (sulfide) groups is 1. The van der Waals surface area contributed by atoms with Crippen molar-refractivity contribution < 1.29 is 13.9 Å². The fourth-order valence-electron chi connectivity index (χ4n) is 1.56. The van der Waals surface area contributed by atoms with Crippen molar-refractivity contribution in [1.29, 1.82) is 0 Å². The van der Waals surface area contributed by atoms with Gasteiger partial charge in [0.2, 0.25) is 5.89 Å². The highest BCUT2D eigenvalue weighted by Gasteiger charge is 2.35. The minimum atomic E-state index is -0.782. The van der Waals surface area contributed by atoms with Crippen LogP contribution in [0.1, 0.15) is 26.7 Å². The molecule has 0 aromatic carbocycles. The summed E-state index contributed by atoms with van der Waals surface area (Å²) >= 11 is 1.33. The SMILES string of the molecule is COC(=O)C(C)(CSc1nnc(C)o1)NC(C)C. The second-order valence-electron chi connectivity index (χ2n) is 4.50. The molecule has 0 saturated carbocycles. The van der Waals surface area contributed by atoms with Gasteiger partial charge >= 0.3 is 5.97 Å². The molecule has 0 spiro atoms. The average Bonchev–Trinajstić information content (AvgIpc) is 2.70. The molecule has 0 radical (unpaired) electrons. The average molecular weight is 273 g/mol. The second-order valence-corrected chi connectivity index (χ2v) is 5.42. The van der Waals surface area contributed by atoms with Gasteiger partial charge in [-0.3, -0.25) is 10.1 Å². The van der Waals surface area contributed by atoms with Crippen LogP contribution < -0.4 is 5.32 Å². The van der Waals surface area contributed by atoms with E-state index in [9.17, 15) is 4.79 Å². The van der Waals surface area contributed by atoms with E-state index in [-0.39, 0.29) is 12.0 Å². The molecule has 1 heterocycles. The van der Waals surface area contributed by atoms with Crippen LogP contribution >= 0.6 is 11.8 Å². The molecule has 1 N–H and O–H groups in total. The maximum absolute atomic E-state index is 11.8. The highest BCUT2D eigenvalue weighted by atomic mass is 32.2. The number of nitrogens with zero attached hydrogens (tertiary/aromatic N) is 2. The van der Waals surface area contributed by atoms with Gasteiger partial charge in [0.25, 0.3) is 5.22 Å². The normalized spacial score (nSPS) is 14.6. The Hall–Kier alpha value is -1.08. The lowest BCUT2D eigenvalue weighted by Gasteiger charge is -2.29. The molecule has 0 aliphatic heterocycles. The summed E-state index contributed by atoms with van der Waals surface area (Å²) in [5.74, 6) is 0.661. The van der Waals surface area contributed by atoms with Crippen molar-refractivity contribution in [2.45, 2.75) is 44.5 Å². The van der Waals surface area contributed by atoms with E-state index in [4.69, 9.17) is 9.15 Å². The number of carbonyl (C=O) groups is 1. The Kier molecular flexibility index (Phi) is 5.15. The third kappa shape index (κ3) is 3.99. The number of aromatic nitrogens is 2. The van der Waals surface area contributed by atoms with Crippen molar-refractivity contribution in [2.24, 2.45) is 0 Å². The fourth-order valence-corrected chi connectivity index (χ4v) is 2.46. The quantitative estimate of drug-likeness (QED) is 0.620. The van der Waals surface area contributed by atoms with Gasteiger partial charge in [-0.2, -0.15) is 0 Å². The first-order chi connectivity index (χ1) is 8.37. The summed E-state index contributed by atoms with van der Waals surface area (Å²) < 4.78 is 10.1. The molecule has 1 atom stereocenters.